The number of anilines is 1. The van der Waals surface area contributed by atoms with Crippen molar-refractivity contribution in [2.45, 2.75) is 83.2 Å². The van der Waals surface area contributed by atoms with Crippen molar-refractivity contribution in [3.63, 3.8) is 0 Å². The molecule has 0 bridgehead atoms. The van der Waals surface area contributed by atoms with Crippen molar-refractivity contribution >= 4 is 5.69 Å². The molecule has 20 heavy (non-hydrogen) atoms. The molecule has 0 unspecified atom stereocenters. The molecule has 0 saturated heterocycles. The lowest BCUT2D eigenvalue weighted by atomic mass is 9.88. The Hall–Kier alpha value is -0.980. The highest BCUT2D eigenvalue weighted by atomic mass is 15.2. The molecule has 2 saturated carbocycles. The van der Waals surface area contributed by atoms with Crippen LogP contribution in [0.2, 0.25) is 0 Å². The van der Waals surface area contributed by atoms with E-state index in [2.05, 4.69) is 36.1 Å². The average molecular weight is 271 g/mol. The molecule has 1 aromatic carbocycles. The van der Waals surface area contributed by atoms with E-state index in [1.807, 2.05) is 0 Å². The summed E-state index contributed by atoms with van der Waals surface area (Å²) in [7, 11) is 0. The second-order valence-corrected chi connectivity index (χ2v) is 6.83. The maximum absolute atomic E-state index is 2.82. The summed E-state index contributed by atoms with van der Waals surface area (Å²) in [6.45, 7) is 2.23. The van der Waals surface area contributed by atoms with E-state index >= 15 is 0 Å². The van der Waals surface area contributed by atoms with Gasteiger partial charge >= 0.3 is 0 Å². The molecule has 3 rings (SSSR count). The van der Waals surface area contributed by atoms with Crippen LogP contribution in [0.3, 0.4) is 0 Å². The van der Waals surface area contributed by atoms with Gasteiger partial charge in [-0.15, -0.1) is 0 Å². The van der Waals surface area contributed by atoms with Crippen molar-refractivity contribution < 1.29 is 0 Å². The monoisotopic (exact) mass is 271 g/mol. The van der Waals surface area contributed by atoms with Gasteiger partial charge in [0.15, 0.2) is 0 Å². The molecular weight excluding hydrogens is 242 g/mol. The Morgan fingerprint density at radius 2 is 1.35 bits per heavy atom. The molecule has 0 atom stereocenters. The zero-order valence-corrected chi connectivity index (χ0v) is 13.0. The smallest absolute Gasteiger partial charge is 0.0373 e. The second kappa shape index (κ2) is 6.65. The summed E-state index contributed by atoms with van der Waals surface area (Å²) < 4.78 is 0. The Labute approximate surface area is 124 Å². The average Bonchev–Trinajstić information content (AvgIpc) is 2.50. The maximum Gasteiger partial charge on any atom is 0.0373 e. The molecule has 2 aliphatic carbocycles. The van der Waals surface area contributed by atoms with Crippen molar-refractivity contribution in [1.29, 1.82) is 0 Å². The second-order valence-electron chi connectivity index (χ2n) is 6.83. The first-order valence-corrected chi connectivity index (χ1v) is 8.69. The minimum absolute atomic E-state index is 0.800. The molecule has 0 heterocycles. The third-order valence-electron chi connectivity index (χ3n) is 5.24. The number of aryl methyl sites for hydroxylation is 1. The first-order chi connectivity index (χ1) is 9.84. The third-order valence-corrected chi connectivity index (χ3v) is 5.24. The topological polar surface area (TPSA) is 3.24 Å². The van der Waals surface area contributed by atoms with E-state index in [0.29, 0.717) is 0 Å². The number of hydrogen-bond donors (Lipinski definition) is 0. The van der Waals surface area contributed by atoms with E-state index in [-0.39, 0.29) is 0 Å². The summed E-state index contributed by atoms with van der Waals surface area (Å²) in [6, 6.07) is 10.8. The van der Waals surface area contributed by atoms with Crippen LogP contribution in [-0.4, -0.2) is 12.1 Å². The Kier molecular flexibility index (Phi) is 4.65. The highest BCUT2D eigenvalue weighted by molar-refractivity contribution is 5.50. The van der Waals surface area contributed by atoms with Gasteiger partial charge < -0.3 is 4.90 Å². The van der Waals surface area contributed by atoms with Gasteiger partial charge in [0, 0.05) is 17.8 Å². The van der Waals surface area contributed by atoms with E-state index < -0.39 is 0 Å². The van der Waals surface area contributed by atoms with E-state index in [1.54, 1.807) is 0 Å². The van der Waals surface area contributed by atoms with Gasteiger partial charge in [-0.2, -0.15) is 0 Å². The molecule has 2 aliphatic rings. The zero-order chi connectivity index (χ0) is 13.8. The predicted molar refractivity (Wildman–Crippen MR) is 87.4 cm³/mol. The van der Waals surface area contributed by atoms with Gasteiger partial charge in [-0.05, 0) is 50.3 Å². The van der Waals surface area contributed by atoms with Crippen molar-refractivity contribution in [3.05, 3.63) is 29.8 Å². The largest absolute Gasteiger partial charge is 0.366 e. The van der Waals surface area contributed by atoms with Crippen molar-refractivity contribution in [2.75, 3.05) is 4.90 Å². The van der Waals surface area contributed by atoms with Gasteiger partial charge in [0.1, 0.15) is 0 Å². The van der Waals surface area contributed by atoms with E-state index in [9.17, 15) is 0 Å². The summed E-state index contributed by atoms with van der Waals surface area (Å²) in [5.74, 6) is 0. The summed E-state index contributed by atoms with van der Waals surface area (Å²) in [5, 5.41) is 0. The van der Waals surface area contributed by atoms with Crippen LogP contribution < -0.4 is 4.90 Å². The van der Waals surface area contributed by atoms with Crippen LogP contribution in [-0.2, 0) is 0 Å². The summed E-state index contributed by atoms with van der Waals surface area (Å²) in [6.07, 6.45) is 14.2. The van der Waals surface area contributed by atoms with Crippen molar-refractivity contribution in [1.82, 2.24) is 0 Å². The van der Waals surface area contributed by atoms with Gasteiger partial charge in [0.25, 0.3) is 0 Å². The molecule has 1 nitrogen and oxygen atoms in total. The first kappa shape index (κ1) is 14.0. The predicted octanol–water partition coefficient (Wildman–Crippen LogP) is 5.47. The number of nitrogens with zero attached hydrogens (tertiary/aromatic N) is 1. The van der Waals surface area contributed by atoms with Crippen molar-refractivity contribution in [2.24, 2.45) is 0 Å². The van der Waals surface area contributed by atoms with Gasteiger partial charge in [-0.3, -0.25) is 0 Å². The lowest BCUT2D eigenvalue weighted by molar-refractivity contribution is 0.340. The summed E-state index contributed by atoms with van der Waals surface area (Å²) in [5.41, 5.74) is 2.89. The lowest BCUT2D eigenvalue weighted by Crippen LogP contribution is -2.45. The Balaban J connectivity index is 1.85. The SMILES string of the molecule is Cc1cccc(N(C2CCCCC2)C2CCCCC2)c1. The molecule has 0 spiro atoms. The maximum atomic E-state index is 2.82. The normalized spacial score (nSPS) is 21.9. The fourth-order valence-electron chi connectivity index (χ4n) is 4.23. The molecule has 0 amide bonds. The molecule has 2 fully saturated rings. The van der Waals surface area contributed by atoms with Gasteiger partial charge in [-0.25, -0.2) is 0 Å². The minimum atomic E-state index is 0.800. The van der Waals surface area contributed by atoms with Crippen LogP contribution in [0.25, 0.3) is 0 Å². The lowest BCUT2D eigenvalue weighted by Gasteiger charge is -2.43. The zero-order valence-electron chi connectivity index (χ0n) is 13.0. The number of rotatable bonds is 3. The number of benzene rings is 1. The first-order valence-electron chi connectivity index (χ1n) is 8.69. The Morgan fingerprint density at radius 3 is 1.85 bits per heavy atom. The van der Waals surface area contributed by atoms with Crippen LogP contribution in [0.15, 0.2) is 24.3 Å². The summed E-state index contributed by atoms with van der Waals surface area (Å²) >= 11 is 0. The van der Waals surface area contributed by atoms with E-state index in [1.165, 1.54) is 75.5 Å². The molecule has 110 valence electrons. The van der Waals surface area contributed by atoms with Crippen LogP contribution >= 0.6 is 0 Å². The quantitative estimate of drug-likeness (QED) is 0.705. The Morgan fingerprint density at radius 1 is 0.800 bits per heavy atom. The van der Waals surface area contributed by atoms with Gasteiger partial charge in [0.05, 0.1) is 0 Å². The number of hydrogen-bond acceptors (Lipinski definition) is 1. The molecule has 0 aromatic heterocycles. The summed E-state index contributed by atoms with van der Waals surface area (Å²) in [4.78, 5) is 2.82. The van der Waals surface area contributed by atoms with Crippen LogP contribution in [0, 0.1) is 6.92 Å². The van der Waals surface area contributed by atoms with E-state index in [4.69, 9.17) is 0 Å². The molecule has 0 N–H and O–H groups in total. The highest BCUT2D eigenvalue weighted by Crippen LogP contribution is 2.34. The van der Waals surface area contributed by atoms with Gasteiger partial charge in [-0.1, -0.05) is 50.7 Å². The minimum Gasteiger partial charge on any atom is -0.366 e. The molecule has 1 heteroatoms. The van der Waals surface area contributed by atoms with Crippen LogP contribution in [0.4, 0.5) is 5.69 Å². The highest BCUT2D eigenvalue weighted by Gasteiger charge is 2.28. The molecule has 0 aliphatic heterocycles. The fraction of sp³-hybridized carbons (Fsp3) is 0.684. The van der Waals surface area contributed by atoms with Crippen LogP contribution in [0.5, 0.6) is 0 Å². The van der Waals surface area contributed by atoms with Gasteiger partial charge in [0.2, 0.25) is 0 Å². The fourth-order valence-corrected chi connectivity index (χ4v) is 4.23. The van der Waals surface area contributed by atoms with E-state index in [0.717, 1.165) is 12.1 Å². The molecule has 1 aromatic rings. The Bertz CT molecular complexity index is 396. The molecule has 0 radical (unpaired) electrons. The molecular formula is C19H29N. The standard InChI is InChI=1S/C19H29N/c1-16-9-8-14-19(15-16)20(17-10-4-2-5-11-17)18-12-6-3-7-13-18/h8-9,14-15,17-18H,2-7,10-13H2,1H3. The third kappa shape index (κ3) is 3.19. The van der Waals surface area contributed by atoms with Crippen molar-refractivity contribution in [3.8, 4) is 0 Å². The van der Waals surface area contributed by atoms with Crippen LogP contribution in [0.1, 0.15) is 69.8 Å².